The molecule has 1 fully saturated rings. The second-order valence-corrected chi connectivity index (χ2v) is 9.54. The molecule has 5 rings (SSSR count). The van der Waals surface area contributed by atoms with Crippen molar-refractivity contribution in [1.82, 2.24) is 9.97 Å². The lowest BCUT2D eigenvalue weighted by Gasteiger charge is -2.32. The fourth-order valence-corrected chi connectivity index (χ4v) is 5.08. The summed E-state index contributed by atoms with van der Waals surface area (Å²) in [6, 6.07) is 13.0. The topological polar surface area (TPSA) is 75.2 Å². The smallest absolute Gasteiger partial charge is 0.322 e. The number of carbonyl (C=O) groups is 2. The number of rotatable bonds is 4. The highest BCUT2D eigenvalue weighted by Crippen LogP contribution is 2.54. The van der Waals surface area contributed by atoms with Gasteiger partial charge in [-0.1, -0.05) is 44.2 Å². The van der Waals surface area contributed by atoms with Crippen LogP contribution in [0.2, 0.25) is 0 Å². The number of carbonyl (C=O) groups excluding carboxylic acids is 2. The van der Waals surface area contributed by atoms with Crippen molar-refractivity contribution in [2.24, 2.45) is 11.3 Å². The Morgan fingerprint density at radius 1 is 1.08 bits per heavy atom. The standard InChI is InChI=1S/C28H23F3N4O2/c1-27(2)23-20(11-6-12-22(23)35(26(27)37)19-10-7-13-32-16-19)17-14-21(24(33-15-17)28(29,30)31)25(36)34-18-8-4-3-5-9-18/h3-16,20,23H,1-2H3,(H,34,36). The minimum absolute atomic E-state index is 0.146. The van der Waals surface area contributed by atoms with E-state index in [2.05, 4.69) is 15.3 Å². The number of amides is 2. The van der Waals surface area contributed by atoms with E-state index in [1.807, 2.05) is 26.0 Å². The van der Waals surface area contributed by atoms with E-state index in [1.165, 1.54) is 6.07 Å². The fraction of sp³-hybridized carbons (Fsp3) is 0.214. The monoisotopic (exact) mass is 504 g/mol. The quantitative estimate of drug-likeness (QED) is 0.475. The van der Waals surface area contributed by atoms with Crippen molar-refractivity contribution in [3.05, 3.63) is 108 Å². The molecule has 2 aromatic heterocycles. The van der Waals surface area contributed by atoms with Gasteiger partial charge < -0.3 is 5.32 Å². The predicted octanol–water partition coefficient (Wildman–Crippen LogP) is 5.97. The molecule has 3 heterocycles. The number of nitrogens with one attached hydrogen (secondary N) is 1. The average Bonchev–Trinajstić information content (AvgIpc) is 3.09. The van der Waals surface area contributed by atoms with E-state index in [1.54, 1.807) is 65.8 Å². The van der Waals surface area contributed by atoms with Gasteiger partial charge in [0.2, 0.25) is 5.91 Å². The summed E-state index contributed by atoms with van der Waals surface area (Å²) in [6.07, 6.45) is 4.97. The van der Waals surface area contributed by atoms with Crippen LogP contribution in [0.5, 0.6) is 0 Å². The molecule has 2 aliphatic rings. The highest BCUT2D eigenvalue weighted by molar-refractivity contribution is 6.06. The zero-order chi connectivity index (χ0) is 26.4. The summed E-state index contributed by atoms with van der Waals surface area (Å²) in [5.41, 5.74) is -0.631. The number of anilines is 2. The zero-order valence-electron chi connectivity index (χ0n) is 20.0. The van der Waals surface area contributed by atoms with Gasteiger partial charge in [-0.2, -0.15) is 13.2 Å². The van der Waals surface area contributed by atoms with Crippen LogP contribution in [-0.4, -0.2) is 21.8 Å². The minimum atomic E-state index is -4.82. The minimum Gasteiger partial charge on any atom is -0.322 e. The number of hydrogen-bond donors (Lipinski definition) is 1. The highest BCUT2D eigenvalue weighted by Gasteiger charge is 2.54. The van der Waals surface area contributed by atoms with Gasteiger partial charge in [0.25, 0.3) is 5.91 Å². The molecule has 1 aliphatic carbocycles. The van der Waals surface area contributed by atoms with Crippen LogP contribution in [0, 0.1) is 11.3 Å². The maximum atomic E-state index is 13.8. The van der Waals surface area contributed by atoms with Crippen LogP contribution < -0.4 is 10.2 Å². The molecule has 188 valence electrons. The number of para-hydroxylation sites is 1. The van der Waals surface area contributed by atoms with Crippen molar-refractivity contribution < 1.29 is 22.8 Å². The summed E-state index contributed by atoms with van der Waals surface area (Å²) in [7, 11) is 0. The second-order valence-electron chi connectivity index (χ2n) is 9.54. The predicted molar refractivity (Wildman–Crippen MR) is 133 cm³/mol. The molecule has 0 bridgehead atoms. The van der Waals surface area contributed by atoms with Crippen molar-refractivity contribution in [2.45, 2.75) is 25.9 Å². The first-order chi connectivity index (χ1) is 17.6. The Morgan fingerprint density at radius 3 is 2.51 bits per heavy atom. The van der Waals surface area contributed by atoms with E-state index in [9.17, 15) is 22.8 Å². The number of halogens is 3. The Kier molecular flexibility index (Phi) is 5.94. The first-order valence-corrected chi connectivity index (χ1v) is 11.7. The fourth-order valence-electron chi connectivity index (χ4n) is 5.08. The molecule has 9 heteroatoms. The Balaban J connectivity index is 1.57. The van der Waals surface area contributed by atoms with Gasteiger partial charge in [0.05, 0.1) is 22.9 Å². The van der Waals surface area contributed by atoms with Crippen LogP contribution in [0.25, 0.3) is 0 Å². The third kappa shape index (κ3) is 4.30. The summed E-state index contributed by atoms with van der Waals surface area (Å²) in [4.78, 5) is 36.0. The van der Waals surface area contributed by atoms with Gasteiger partial charge in [-0.05, 0) is 42.0 Å². The molecule has 1 N–H and O–H groups in total. The molecule has 0 spiro atoms. The number of pyridine rings is 2. The van der Waals surface area contributed by atoms with Crippen molar-refractivity contribution >= 4 is 23.2 Å². The molecule has 1 aliphatic heterocycles. The summed E-state index contributed by atoms with van der Waals surface area (Å²) >= 11 is 0. The van der Waals surface area contributed by atoms with E-state index in [0.717, 1.165) is 6.20 Å². The molecular weight excluding hydrogens is 481 g/mol. The van der Waals surface area contributed by atoms with E-state index >= 15 is 0 Å². The summed E-state index contributed by atoms with van der Waals surface area (Å²) < 4.78 is 41.5. The van der Waals surface area contributed by atoms with Gasteiger partial charge in [-0.3, -0.25) is 24.5 Å². The largest absolute Gasteiger partial charge is 0.434 e. The molecule has 2 amide bonds. The molecule has 0 radical (unpaired) electrons. The summed E-state index contributed by atoms with van der Waals surface area (Å²) in [6.45, 7) is 3.63. The number of allylic oxidation sites excluding steroid dienone is 4. The van der Waals surface area contributed by atoms with Gasteiger partial charge in [0, 0.05) is 35.6 Å². The van der Waals surface area contributed by atoms with Crippen molar-refractivity contribution in [3.63, 3.8) is 0 Å². The van der Waals surface area contributed by atoms with Gasteiger partial charge in [0.1, 0.15) is 0 Å². The molecule has 1 saturated heterocycles. The number of benzene rings is 1. The third-order valence-electron chi connectivity index (χ3n) is 6.80. The van der Waals surface area contributed by atoms with Gasteiger partial charge in [-0.25, -0.2) is 0 Å². The number of aromatic nitrogens is 2. The highest BCUT2D eigenvalue weighted by atomic mass is 19.4. The Bertz CT molecular complexity index is 1420. The van der Waals surface area contributed by atoms with Gasteiger partial charge in [0.15, 0.2) is 5.69 Å². The van der Waals surface area contributed by atoms with Crippen LogP contribution in [0.1, 0.15) is 41.4 Å². The molecule has 3 aromatic rings. The van der Waals surface area contributed by atoms with E-state index in [4.69, 9.17) is 0 Å². The Morgan fingerprint density at radius 2 is 1.84 bits per heavy atom. The molecular formula is C28H23F3N4O2. The summed E-state index contributed by atoms with van der Waals surface area (Å²) in [5.74, 6) is -1.94. The molecule has 37 heavy (non-hydrogen) atoms. The molecule has 2 unspecified atom stereocenters. The lowest BCUT2D eigenvalue weighted by Crippen LogP contribution is -2.33. The maximum Gasteiger partial charge on any atom is 0.434 e. The lowest BCUT2D eigenvalue weighted by molar-refractivity contribution is -0.141. The van der Waals surface area contributed by atoms with E-state index in [0.29, 0.717) is 22.6 Å². The van der Waals surface area contributed by atoms with Crippen LogP contribution >= 0.6 is 0 Å². The second kappa shape index (κ2) is 8.99. The zero-order valence-corrected chi connectivity index (χ0v) is 20.0. The van der Waals surface area contributed by atoms with Crippen molar-refractivity contribution in [1.29, 1.82) is 0 Å². The van der Waals surface area contributed by atoms with Crippen LogP contribution in [-0.2, 0) is 11.0 Å². The Labute approximate surface area is 211 Å². The average molecular weight is 505 g/mol. The third-order valence-corrected chi connectivity index (χ3v) is 6.80. The van der Waals surface area contributed by atoms with Crippen LogP contribution in [0.15, 0.2) is 91.0 Å². The first-order valence-electron chi connectivity index (χ1n) is 11.7. The number of hydrogen-bond acceptors (Lipinski definition) is 4. The Hall–Kier alpha value is -4.27. The lowest BCUT2D eigenvalue weighted by atomic mass is 9.69. The van der Waals surface area contributed by atoms with Crippen molar-refractivity contribution in [2.75, 3.05) is 10.2 Å². The normalized spacial score (nSPS) is 20.4. The molecule has 0 saturated carbocycles. The van der Waals surface area contributed by atoms with Crippen molar-refractivity contribution in [3.8, 4) is 0 Å². The van der Waals surface area contributed by atoms with Crippen LogP contribution in [0.3, 0.4) is 0 Å². The number of alkyl halides is 3. The molecule has 1 aromatic carbocycles. The van der Waals surface area contributed by atoms with Gasteiger partial charge in [-0.15, -0.1) is 0 Å². The van der Waals surface area contributed by atoms with Gasteiger partial charge >= 0.3 is 6.18 Å². The number of nitrogens with zero attached hydrogens (tertiary/aromatic N) is 3. The van der Waals surface area contributed by atoms with E-state index in [-0.39, 0.29) is 5.91 Å². The maximum absolute atomic E-state index is 13.8. The number of fused-ring (bicyclic) bond motifs is 1. The molecule has 6 nitrogen and oxygen atoms in total. The molecule has 2 atom stereocenters. The first kappa shape index (κ1) is 24.4. The van der Waals surface area contributed by atoms with E-state index < -0.39 is 40.6 Å². The SMILES string of the molecule is CC1(C)C(=O)N(c2cccnc2)C2=CC=CC(c3cnc(C(F)(F)F)c(C(=O)Nc4ccccc4)c3)C21. The van der Waals surface area contributed by atoms with Crippen LogP contribution in [0.4, 0.5) is 24.5 Å². The summed E-state index contributed by atoms with van der Waals surface area (Å²) in [5, 5.41) is 2.52.